The van der Waals surface area contributed by atoms with Crippen molar-refractivity contribution in [1.29, 1.82) is 0 Å². The number of benzene rings is 3. The predicted molar refractivity (Wildman–Crippen MR) is 195 cm³/mol. The van der Waals surface area contributed by atoms with E-state index in [4.69, 9.17) is 10.5 Å². The lowest BCUT2D eigenvalue weighted by molar-refractivity contribution is -0.136. The monoisotopic (exact) mass is 663 g/mol. The van der Waals surface area contributed by atoms with E-state index in [1.165, 1.54) is 0 Å². The minimum Gasteiger partial charge on any atom is -0.507 e. The molecule has 6 N–H and O–H groups in total. The number of allylic oxidation sites excluding steroid dienone is 3. The fourth-order valence-electron chi connectivity index (χ4n) is 5.52. The van der Waals surface area contributed by atoms with Crippen molar-refractivity contribution in [3.8, 4) is 5.75 Å². The maximum atomic E-state index is 13.4. The Labute approximate surface area is 287 Å². The van der Waals surface area contributed by atoms with Gasteiger partial charge in [0.1, 0.15) is 5.75 Å². The molecule has 10 heteroatoms. The second-order valence-corrected chi connectivity index (χ2v) is 12.0. The molecule has 1 atom stereocenters. The molecule has 49 heavy (non-hydrogen) atoms. The molecule has 3 aromatic carbocycles. The molecule has 1 saturated heterocycles. The topological polar surface area (TPSA) is 155 Å². The van der Waals surface area contributed by atoms with Crippen molar-refractivity contribution in [2.45, 2.75) is 39.2 Å². The number of carbonyl (C=O) groups is 3. The van der Waals surface area contributed by atoms with Crippen LogP contribution in [0.25, 0.3) is 11.1 Å². The van der Waals surface area contributed by atoms with Gasteiger partial charge >= 0.3 is 0 Å². The number of Topliss-reactive ketones (excluding diaryl/α,β-unsaturated/α-hetero) is 1. The van der Waals surface area contributed by atoms with Gasteiger partial charge in [-0.2, -0.15) is 0 Å². The highest BCUT2D eigenvalue weighted by Gasteiger charge is 2.30. The summed E-state index contributed by atoms with van der Waals surface area (Å²) < 4.78 is 5.97. The van der Waals surface area contributed by atoms with Crippen LogP contribution in [0.5, 0.6) is 5.75 Å². The second kappa shape index (κ2) is 17.6. The predicted octanol–water partition coefficient (Wildman–Crippen LogP) is 5.40. The lowest BCUT2D eigenvalue weighted by Gasteiger charge is -2.22. The molecular weight excluding hydrogens is 618 g/mol. The van der Waals surface area contributed by atoms with E-state index in [9.17, 15) is 19.5 Å². The first kappa shape index (κ1) is 36.4. The number of hydrogen-bond donors (Lipinski definition) is 5. The minimum atomic E-state index is -0.526. The molecule has 4 rings (SSSR count). The summed E-state index contributed by atoms with van der Waals surface area (Å²) in [4.78, 5) is 41.3. The van der Waals surface area contributed by atoms with Crippen LogP contribution in [0.2, 0.25) is 0 Å². The van der Waals surface area contributed by atoms with Crippen molar-refractivity contribution in [3.63, 3.8) is 0 Å². The average Bonchev–Trinajstić information content (AvgIpc) is 3.09. The smallest absolute Gasteiger partial charge is 0.230 e. The summed E-state index contributed by atoms with van der Waals surface area (Å²) >= 11 is 0. The van der Waals surface area contributed by atoms with Crippen LogP contribution in [0, 0.1) is 5.92 Å². The maximum absolute atomic E-state index is 13.4. The van der Waals surface area contributed by atoms with Crippen LogP contribution in [0.3, 0.4) is 0 Å². The van der Waals surface area contributed by atoms with E-state index in [0.29, 0.717) is 67.2 Å². The van der Waals surface area contributed by atoms with Gasteiger partial charge in [-0.05, 0) is 53.8 Å². The first-order valence-electron chi connectivity index (χ1n) is 16.3. The maximum Gasteiger partial charge on any atom is 0.230 e. The Hall–Kier alpha value is -5.48. The van der Waals surface area contributed by atoms with Crippen LogP contribution in [-0.4, -0.2) is 55.3 Å². The van der Waals surface area contributed by atoms with Crippen LogP contribution in [0.4, 0.5) is 5.69 Å². The highest BCUT2D eigenvalue weighted by atomic mass is 16.5. The van der Waals surface area contributed by atoms with Gasteiger partial charge in [0.25, 0.3) is 0 Å². The van der Waals surface area contributed by atoms with Crippen LogP contribution in [0.1, 0.15) is 58.8 Å². The number of imide groups is 1. The minimum absolute atomic E-state index is 0.0345. The Bertz CT molecular complexity index is 1760. The number of aromatic hydroxyl groups is 1. The average molecular weight is 664 g/mol. The number of para-hydroxylation sites is 1. The molecule has 3 aromatic rings. The van der Waals surface area contributed by atoms with E-state index in [1.807, 2.05) is 31.2 Å². The van der Waals surface area contributed by atoms with Crippen LogP contribution >= 0.6 is 0 Å². The number of anilines is 1. The van der Waals surface area contributed by atoms with Gasteiger partial charge in [-0.15, -0.1) is 0 Å². The van der Waals surface area contributed by atoms with Gasteiger partial charge in [-0.3, -0.25) is 24.7 Å². The standard InChI is InChI=1S/C39H45N5O5/c1-25(2)30-9-7-10-32(37(30)34(46)23-29-16-17-36(47)44-39(29)48)43-20-19-42-24-28-14-12-27(13-15-28)18-21-49-35(38(40)41-4)22-26(3)31-8-5-6-11-33(31)45/h5-15,22,29,42-43,45H,1,3,16-21,23-24H2,2,4H3,(H2,40,41)(H,44,47,48)/b35-22+. The van der Waals surface area contributed by atoms with E-state index >= 15 is 0 Å². The number of piperidine rings is 1. The Morgan fingerprint density at radius 1 is 1.04 bits per heavy atom. The van der Waals surface area contributed by atoms with Crippen molar-refractivity contribution >= 4 is 40.3 Å². The number of ether oxygens (including phenoxy) is 1. The third kappa shape index (κ3) is 10.3. The number of amides is 2. The Morgan fingerprint density at radius 2 is 1.76 bits per heavy atom. The first-order valence-corrected chi connectivity index (χ1v) is 16.3. The van der Waals surface area contributed by atoms with E-state index in [1.54, 1.807) is 31.3 Å². The second-order valence-electron chi connectivity index (χ2n) is 12.0. The van der Waals surface area contributed by atoms with Crippen molar-refractivity contribution < 1.29 is 24.2 Å². The number of ketones is 1. The number of nitrogens with zero attached hydrogens (tertiary/aromatic N) is 1. The summed E-state index contributed by atoms with van der Waals surface area (Å²) in [6.07, 6.45) is 2.98. The Kier molecular flexibility index (Phi) is 13.1. The number of nitrogens with two attached hydrogens (primary N) is 1. The molecule has 0 bridgehead atoms. The highest BCUT2D eigenvalue weighted by molar-refractivity contribution is 6.08. The quantitative estimate of drug-likeness (QED) is 0.0245. The van der Waals surface area contributed by atoms with Gasteiger partial charge in [0.15, 0.2) is 17.4 Å². The molecule has 1 heterocycles. The van der Waals surface area contributed by atoms with Gasteiger partial charge in [0.2, 0.25) is 11.8 Å². The molecule has 1 unspecified atom stereocenters. The molecule has 256 valence electrons. The highest BCUT2D eigenvalue weighted by Crippen LogP contribution is 2.29. The number of hydrogen-bond acceptors (Lipinski definition) is 8. The van der Waals surface area contributed by atoms with E-state index in [2.05, 4.69) is 58.4 Å². The van der Waals surface area contributed by atoms with Crippen molar-refractivity contribution in [2.24, 2.45) is 16.6 Å². The number of nitrogens with one attached hydrogen (secondary N) is 3. The SMILES string of the molecule is C=C(/C=C(/OCCc1ccc(CNCCNc2cccc(C(=C)C)c2C(=O)CC2CCC(=O)NC2=O)cc1)C(N)=NC)c1ccccc1O. The summed E-state index contributed by atoms with van der Waals surface area (Å²) in [5, 5.41) is 19.3. The number of amidine groups is 1. The zero-order chi connectivity index (χ0) is 35.3. The summed E-state index contributed by atoms with van der Waals surface area (Å²) in [6, 6.07) is 20.8. The Morgan fingerprint density at radius 3 is 2.45 bits per heavy atom. The van der Waals surface area contributed by atoms with Crippen LogP contribution in [0.15, 0.2) is 96.7 Å². The molecule has 0 radical (unpaired) electrons. The van der Waals surface area contributed by atoms with Crippen LogP contribution in [-0.2, 0) is 27.3 Å². The molecule has 0 aliphatic carbocycles. The lowest BCUT2D eigenvalue weighted by atomic mass is 9.88. The molecule has 1 fully saturated rings. The van der Waals surface area contributed by atoms with Gasteiger partial charge in [0, 0.05) is 68.7 Å². The summed E-state index contributed by atoms with van der Waals surface area (Å²) in [7, 11) is 1.59. The lowest BCUT2D eigenvalue weighted by Crippen LogP contribution is -2.41. The fraction of sp³-hybridized carbons (Fsp3) is 0.282. The molecule has 1 aliphatic heterocycles. The molecule has 2 amide bonds. The zero-order valence-corrected chi connectivity index (χ0v) is 28.2. The van der Waals surface area contributed by atoms with Crippen molar-refractivity contribution in [2.75, 3.05) is 32.1 Å². The summed E-state index contributed by atoms with van der Waals surface area (Å²) in [5.41, 5.74) is 12.2. The summed E-state index contributed by atoms with van der Waals surface area (Å²) in [6.45, 7) is 12.2. The molecule has 1 aliphatic rings. The van der Waals surface area contributed by atoms with E-state index in [-0.39, 0.29) is 42.0 Å². The van der Waals surface area contributed by atoms with Crippen molar-refractivity contribution in [1.82, 2.24) is 10.6 Å². The zero-order valence-electron chi connectivity index (χ0n) is 28.2. The van der Waals surface area contributed by atoms with Crippen LogP contribution < -0.4 is 21.7 Å². The third-order valence-corrected chi connectivity index (χ3v) is 8.25. The summed E-state index contributed by atoms with van der Waals surface area (Å²) in [5.74, 6) is -0.608. The third-order valence-electron chi connectivity index (χ3n) is 8.25. The normalized spacial score (nSPS) is 15.0. The van der Waals surface area contributed by atoms with Gasteiger partial charge in [0.05, 0.1) is 6.61 Å². The van der Waals surface area contributed by atoms with Crippen molar-refractivity contribution in [3.05, 3.63) is 120 Å². The molecule has 0 saturated carbocycles. The number of phenolic OH excluding ortho intramolecular Hbond substituents is 1. The molecule has 10 nitrogen and oxygen atoms in total. The van der Waals surface area contributed by atoms with Gasteiger partial charge in [-0.1, -0.05) is 73.3 Å². The van der Waals surface area contributed by atoms with E-state index < -0.39 is 5.92 Å². The number of aliphatic imine (C=N–C) groups is 1. The van der Waals surface area contributed by atoms with E-state index in [0.717, 1.165) is 22.3 Å². The molecular formula is C39H45N5O5. The molecule has 0 aromatic heterocycles. The number of carbonyl (C=O) groups excluding carboxylic acids is 3. The first-order chi connectivity index (χ1) is 23.6. The fourth-order valence-corrected chi connectivity index (χ4v) is 5.52. The number of rotatable bonds is 17. The van der Waals surface area contributed by atoms with Gasteiger partial charge < -0.3 is 26.2 Å². The molecule has 0 spiro atoms. The largest absolute Gasteiger partial charge is 0.507 e. The Balaban J connectivity index is 1.26. The number of phenols is 1. The van der Waals surface area contributed by atoms with Gasteiger partial charge in [-0.25, -0.2) is 0 Å².